The van der Waals surface area contributed by atoms with E-state index in [1.807, 2.05) is 38.1 Å². The van der Waals surface area contributed by atoms with Crippen LogP contribution in [0, 0.1) is 0 Å². The lowest BCUT2D eigenvalue weighted by Crippen LogP contribution is -2.58. The maximum atomic E-state index is 12.9. The number of carbonyl (C=O) groups excluding carboxylic acids is 1. The fourth-order valence-electron chi connectivity index (χ4n) is 4.80. The second kappa shape index (κ2) is 10.0. The summed E-state index contributed by atoms with van der Waals surface area (Å²) in [5.74, 6) is 0.532. The summed E-state index contributed by atoms with van der Waals surface area (Å²) in [5.41, 5.74) is 5.22. The summed E-state index contributed by atoms with van der Waals surface area (Å²) in [7, 11) is 1.87. The van der Waals surface area contributed by atoms with Gasteiger partial charge in [0.25, 0.3) is 0 Å². The van der Waals surface area contributed by atoms with Crippen LogP contribution in [0.5, 0.6) is 0 Å². The maximum Gasteiger partial charge on any atom is 0.318 e. The number of hydrogen-bond acceptors (Lipinski definition) is 6. The van der Waals surface area contributed by atoms with Gasteiger partial charge in [-0.3, -0.25) is 4.68 Å². The minimum atomic E-state index is -0.00236. The largest absolute Gasteiger partial charge is 0.372 e. The molecule has 5 rings (SSSR count). The SMILES string of the molecule is CC(C)OC1CN(C(=O)NC2CCCCc3cc(-c4ccnc(Nc5cnn(C)c5)n4)ccc32)C1. The van der Waals surface area contributed by atoms with Crippen molar-refractivity contribution >= 4 is 17.7 Å². The van der Waals surface area contributed by atoms with Crippen molar-refractivity contribution < 1.29 is 9.53 Å². The molecule has 2 amide bonds. The first-order valence-corrected chi connectivity index (χ1v) is 12.4. The van der Waals surface area contributed by atoms with Gasteiger partial charge in [-0.15, -0.1) is 0 Å². The number of aryl methyl sites for hydroxylation is 2. The van der Waals surface area contributed by atoms with Gasteiger partial charge < -0.3 is 20.3 Å². The van der Waals surface area contributed by atoms with Gasteiger partial charge in [-0.2, -0.15) is 5.10 Å². The molecule has 0 spiro atoms. The minimum Gasteiger partial charge on any atom is -0.372 e. The molecule has 0 radical (unpaired) electrons. The summed E-state index contributed by atoms with van der Waals surface area (Å²) in [6, 6.07) is 8.40. The molecule has 9 heteroatoms. The van der Waals surface area contributed by atoms with Crippen molar-refractivity contribution in [2.45, 2.75) is 57.8 Å². The van der Waals surface area contributed by atoms with Gasteiger partial charge in [0.15, 0.2) is 0 Å². The van der Waals surface area contributed by atoms with E-state index < -0.39 is 0 Å². The molecule has 1 aromatic carbocycles. The van der Waals surface area contributed by atoms with Crippen LogP contribution in [0.4, 0.5) is 16.4 Å². The number of likely N-dealkylation sites (tertiary alicyclic amines) is 1. The van der Waals surface area contributed by atoms with Crippen molar-refractivity contribution in [2.75, 3.05) is 18.4 Å². The summed E-state index contributed by atoms with van der Waals surface area (Å²) < 4.78 is 7.52. The lowest BCUT2D eigenvalue weighted by Gasteiger charge is -2.40. The van der Waals surface area contributed by atoms with Crippen molar-refractivity contribution in [3.63, 3.8) is 0 Å². The first kappa shape index (κ1) is 23.3. The van der Waals surface area contributed by atoms with Gasteiger partial charge in [0, 0.05) is 25.0 Å². The van der Waals surface area contributed by atoms with Crippen molar-refractivity contribution in [1.82, 2.24) is 30.0 Å². The fraction of sp³-hybridized carbons (Fsp3) is 0.462. The summed E-state index contributed by atoms with van der Waals surface area (Å²) in [5, 5.41) is 10.7. The molecule has 1 atom stereocenters. The van der Waals surface area contributed by atoms with Crippen LogP contribution < -0.4 is 10.6 Å². The molecule has 1 aliphatic carbocycles. The van der Waals surface area contributed by atoms with Gasteiger partial charge >= 0.3 is 6.03 Å². The number of nitrogens with zero attached hydrogens (tertiary/aromatic N) is 5. The number of aromatic nitrogens is 4. The smallest absolute Gasteiger partial charge is 0.318 e. The Morgan fingerprint density at radius 1 is 1.20 bits per heavy atom. The predicted molar refractivity (Wildman–Crippen MR) is 134 cm³/mol. The molecule has 184 valence electrons. The lowest BCUT2D eigenvalue weighted by atomic mass is 9.95. The normalized spacial score (nSPS) is 18.1. The third-order valence-corrected chi connectivity index (χ3v) is 6.52. The van der Waals surface area contributed by atoms with E-state index in [2.05, 4.69) is 38.9 Å². The first-order chi connectivity index (χ1) is 16.9. The molecule has 1 unspecified atom stereocenters. The first-order valence-electron chi connectivity index (χ1n) is 12.4. The number of fused-ring (bicyclic) bond motifs is 1. The van der Waals surface area contributed by atoms with E-state index in [0.29, 0.717) is 19.0 Å². The highest BCUT2D eigenvalue weighted by molar-refractivity contribution is 5.76. The number of nitrogens with one attached hydrogen (secondary N) is 2. The lowest BCUT2D eigenvalue weighted by molar-refractivity contribution is -0.0644. The molecule has 35 heavy (non-hydrogen) atoms. The molecular formula is C26H33N7O2. The number of rotatable bonds is 6. The highest BCUT2D eigenvalue weighted by Gasteiger charge is 2.33. The zero-order valence-electron chi connectivity index (χ0n) is 20.6. The van der Waals surface area contributed by atoms with Crippen LogP contribution in [0.1, 0.15) is 50.3 Å². The molecule has 0 saturated carbocycles. The van der Waals surface area contributed by atoms with Crippen LogP contribution in [0.2, 0.25) is 0 Å². The number of anilines is 2. The molecule has 1 fully saturated rings. The van der Waals surface area contributed by atoms with Crippen molar-refractivity contribution in [1.29, 1.82) is 0 Å². The average molecular weight is 476 g/mol. The number of carbonyl (C=O) groups is 1. The zero-order chi connectivity index (χ0) is 24.4. The molecule has 3 aromatic rings. The topological polar surface area (TPSA) is 97.2 Å². The van der Waals surface area contributed by atoms with E-state index in [-0.39, 0.29) is 24.3 Å². The van der Waals surface area contributed by atoms with Gasteiger partial charge in [-0.1, -0.05) is 18.6 Å². The Hall–Kier alpha value is -3.46. The van der Waals surface area contributed by atoms with E-state index in [4.69, 9.17) is 9.72 Å². The molecule has 2 aliphatic rings. The number of amides is 2. The summed E-state index contributed by atoms with van der Waals surface area (Å²) >= 11 is 0. The number of hydrogen-bond donors (Lipinski definition) is 2. The van der Waals surface area contributed by atoms with Crippen LogP contribution in [-0.2, 0) is 18.2 Å². The monoisotopic (exact) mass is 475 g/mol. The van der Waals surface area contributed by atoms with E-state index in [0.717, 1.165) is 42.6 Å². The Morgan fingerprint density at radius 2 is 2.06 bits per heavy atom. The van der Waals surface area contributed by atoms with E-state index >= 15 is 0 Å². The van der Waals surface area contributed by atoms with Crippen molar-refractivity contribution in [3.05, 3.63) is 54.0 Å². The molecule has 0 bridgehead atoms. The van der Waals surface area contributed by atoms with Gasteiger partial charge in [0.1, 0.15) is 0 Å². The molecule has 2 N–H and O–H groups in total. The molecule has 1 aliphatic heterocycles. The van der Waals surface area contributed by atoms with Crippen LogP contribution >= 0.6 is 0 Å². The van der Waals surface area contributed by atoms with Crippen molar-refractivity contribution in [3.8, 4) is 11.3 Å². The number of ether oxygens (including phenoxy) is 1. The quantitative estimate of drug-likeness (QED) is 0.519. The Kier molecular flexibility index (Phi) is 6.68. The molecule has 3 heterocycles. The van der Waals surface area contributed by atoms with Crippen LogP contribution in [-0.4, -0.2) is 56.0 Å². The fourth-order valence-corrected chi connectivity index (χ4v) is 4.80. The van der Waals surface area contributed by atoms with Gasteiger partial charge in [0.05, 0.1) is 48.9 Å². The van der Waals surface area contributed by atoms with Gasteiger partial charge in [-0.25, -0.2) is 14.8 Å². The Morgan fingerprint density at radius 3 is 2.83 bits per heavy atom. The average Bonchev–Trinajstić information content (AvgIpc) is 3.11. The van der Waals surface area contributed by atoms with Crippen LogP contribution in [0.3, 0.4) is 0 Å². The number of urea groups is 1. The highest BCUT2D eigenvalue weighted by Crippen LogP contribution is 2.32. The highest BCUT2D eigenvalue weighted by atomic mass is 16.5. The van der Waals surface area contributed by atoms with Gasteiger partial charge in [0.2, 0.25) is 5.95 Å². The van der Waals surface area contributed by atoms with E-state index in [1.54, 1.807) is 17.1 Å². The molecule has 9 nitrogen and oxygen atoms in total. The Balaban J connectivity index is 1.29. The van der Waals surface area contributed by atoms with E-state index in [9.17, 15) is 4.79 Å². The maximum absolute atomic E-state index is 12.9. The zero-order valence-corrected chi connectivity index (χ0v) is 20.6. The van der Waals surface area contributed by atoms with Crippen LogP contribution in [0.25, 0.3) is 11.3 Å². The molecule has 1 saturated heterocycles. The van der Waals surface area contributed by atoms with Crippen LogP contribution in [0.15, 0.2) is 42.9 Å². The molecule has 2 aromatic heterocycles. The van der Waals surface area contributed by atoms with Gasteiger partial charge in [-0.05, 0) is 56.4 Å². The second-order valence-corrected chi connectivity index (χ2v) is 9.67. The third kappa shape index (κ3) is 5.45. The standard InChI is InChI=1S/C26H33N7O2/c1-17(2)35-21-15-33(16-21)26(34)31-24-7-5-4-6-18-12-19(8-9-22(18)24)23-10-11-27-25(30-23)29-20-13-28-32(3)14-20/h8-14,17,21,24H,4-7,15-16H2,1-3H3,(H,31,34)(H,27,29,30). The second-order valence-electron chi connectivity index (χ2n) is 9.67. The Labute approximate surface area is 205 Å². The summed E-state index contributed by atoms with van der Waals surface area (Å²) in [6.45, 7) is 5.37. The predicted octanol–water partition coefficient (Wildman–Crippen LogP) is 4.21. The van der Waals surface area contributed by atoms with E-state index in [1.165, 1.54) is 11.1 Å². The third-order valence-electron chi connectivity index (χ3n) is 6.52. The Bertz CT molecular complexity index is 1190. The minimum absolute atomic E-state index is 0.00236. The summed E-state index contributed by atoms with van der Waals surface area (Å²) in [6.07, 6.45) is 9.85. The molecular weight excluding hydrogens is 442 g/mol. The van der Waals surface area contributed by atoms with Crippen molar-refractivity contribution in [2.24, 2.45) is 7.05 Å². The number of benzene rings is 1. The summed E-state index contributed by atoms with van der Waals surface area (Å²) in [4.78, 5) is 23.7.